The van der Waals surface area contributed by atoms with Crippen molar-refractivity contribution in [1.82, 2.24) is 9.97 Å². The first kappa shape index (κ1) is 20.3. The summed E-state index contributed by atoms with van der Waals surface area (Å²) in [7, 11) is 0. The van der Waals surface area contributed by atoms with Crippen molar-refractivity contribution in [1.29, 1.82) is 5.26 Å². The Morgan fingerprint density at radius 3 is 2.52 bits per heavy atom. The molecule has 29 heavy (non-hydrogen) atoms. The van der Waals surface area contributed by atoms with Crippen LogP contribution in [0.15, 0.2) is 54.9 Å². The van der Waals surface area contributed by atoms with Crippen LogP contribution in [0.25, 0.3) is 22.4 Å². The molecule has 0 amide bonds. The third-order valence-electron chi connectivity index (χ3n) is 4.80. The van der Waals surface area contributed by atoms with Gasteiger partial charge in [0.25, 0.3) is 0 Å². The van der Waals surface area contributed by atoms with E-state index in [4.69, 9.17) is 10.5 Å². The molecule has 5 heteroatoms. The van der Waals surface area contributed by atoms with E-state index in [-0.39, 0.29) is 5.82 Å². The number of ether oxygens (including phenoxy) is 1. The molecule has 0 saturated carbocycles. The Morgan fingerprint density at radius 1 is 1.03 bits per heavy atom. The Kier molecular flexibility index (Phi) is 7.18. The van der Waals surface area contributed by atoms with Gasteiger partial charge in [0.15, 0.2) is 0 Å². The SMILES string of the molecule is CCCCCCCOc1ccc(-c2cc(-c3cccnc3)nc(N)c2C#N)cc1. The van der Waals surface area contributed by atoms with E-state index in [1.54, 1.807) is 12.4 Å². The summed E-state index contributed by atoms with van der Waals surface area (Å²) in [6.45, 7) is 2.94. The van der Waals surface area contributed by atoms with E-state index < -0.39 is 0 Å². The summed E-state index contributed by atoms with van der Waals surface area (Å²) in [5.74, 6) is 1.05. The molecule has 0 saturated heterocycles. The fraction of sp³-hybridized carbons (Fsp3) is 0.292. The van der Waals surface area contributed by atoms with Crippen molar-refractivity contribution < 1.29 is 4.74 Å². The van der Waals surface area contributed by atoms with Gasteiger partial charge < -0.3 is 10.5 Å². The van der Waals surface area contributed by atoms with Crippen LogP contribution in [0.4, 0.5) is 5.82 Å². The highest BCUT2D eigenvalue weighted by Gasteiger charge is 2.13. The van der Waals surface area contributed by atoms with Gasteiger partial charge in [-0.3, -0.25) is 4.98 Å². The topological polar surface area (TPSA) is 84.8 Å². The van der Waals surface area contributed by atoms with E-state index in [1.807, 2.05) is 42.5 Å². The number of rotatable bonds is 9. The molecule has 0 aliphatic carbocycles. The Hall–Kier alpha value is -3.39. The average Bonchev–Trinajstić information content (AvgIpc) is 2.76. The standard InChI is InChI=1S/C24H26N4O/c1-2-3-4-5-6-14-29-20-11-9-18(10-12-20)21-15-23(19-8-7-13-27-17-19)28-24(26)22(21)16-25/h7-13,15,17H,2-6,14H2,1H3,(H2,26,28). The first-order valence-corrected chi connectivity index (χ1v) is 10.1. The first-order valence-electron chi connectivity index (χ1n) is 10.1. The summed E-state index contributed by atoms with van der Waals surface area (Å²) in [6.07, 6.45) is 9.50. The van der Waals surface area contributed by atoms with Crippen LogP contribution in [0.1, 0.15) is 44.6 Å². The molecule has 3 rings (SSSR count). The Bertz CT molecular complexity index is 963. The third kappa shape index (κ3) is 5.32. The van der Waals surface area contributed by atoms with Gasteiger partial charge in [0.1, 0.15) is 23.2 Å². The lowest BCUT2D eigenvalue weighted by atomic mass is 9.99. The van der Waals surface area contributed by atoms with Crippen LogP contribution >= 0.6 is 0 Å². The number of nitriles is 1. The van der Waals surface area contributed by atoms with Gasteiger partial charge in [-0.2, -0.15) is 5.26 Å². The van der Waals surface area contributed by atoms with Crippen molar-refractivity contribution >= 4 is 5.82 Å². The number of anilines is 1. The van der Waals surface area contributed by atoms with Crippen molar-refractivity contribution in [2.75, 3.05) is 12.3 Å². The third-order valence-corrected chi connectivity index (χ3v) is 4.80. The number of nitrogens with two attached hydrogens (primary N) is 1. The minimum Gasteiger partial charge on any atom is -0.494 e. The van der Waals surface area contributed by atoms with Gasteiger partial charge in [-0.15, -0.1) is 0 Å². The zero-order chi connectivity index (χ0) is 20.5. The average molecular weight is 386 g/mol. The molecule has 0 unspecified atom stereocenters. The first-order chi connectivity index (χ1) is 14.2. The summed E-state index contributed by atoms with van der Waals surface area (Å²) in [5, 5.41) is 9.57. The lowest BCUT2D eigenvalue weighted by Gasteiger charge is -2.11. The normalized spacial score (nSPS) is 10.5. The Labute approximate surface area is 172 Å². The molecule has 1 aromatic carbocycles. The predicted octanol–water partition coefficient (Wildman–Crippen LogP) is 5.61. The monoisotopic (exact) mass is 386 g/mol. The van der Waals surface area contributed by atoms with Gasteiger partial charge >= 0.3 is 0 Å². The van der Waals surface area contributed by atoms with Crippen LogP contribution in [-0.2, 0) is 0 Å². The maximum absolute atomic E-state index is 9.57. The molecule has 0 fully saturated rings. The molecule has 2 N–H and O–H groups in total. The number of hydrogen-bond acceptors (Lipinski definition) is 5. The minimum atomic E-state index is 0.219. The summed E-state index contributed by atoms with van der Waals surface area (Å²) >= 11 is 0. The largest absolute Gasteiger partial charge is 0.494 e. The molecular weight excluding hydrogens is 360 g/mol. The lowest BCUT2D eigenvalue weighted by Crippen LogP contribution is -2.00. The molecule has 3 aromatic rings. The van der Waals surface area contributed by atoms with Gasteiger partial charge in [-0.1, -0.05) is 44.7 Å². The van der Waals surface area contributed by atoms with Crippen LogP contribution in [0.2, 0.25) is 0 Å². The van der Waals surface area contributed by atoms with Gasteiger partial charge in [0, 0.05) is 23.5 Å². The van der Waals surface area contributed by atoms with E-state index in [1.165, 1.54) is 25.7 Å². The number of nitrogens with zero attached hydrogens (tertiary/aromatic N) is 3. The number of aromatic nitrogens is 2. The van der Waals surface area contributed by atoms with Crippen molar-refractivity contribution in [3.05, 3.63) is 60.4 Å². The van der Waals surface area contributed by atoms with Crippen molar-refractivity contribution in [3.63, 3.8) is 0 Å². The van der Waals surface area contributed by atoms with Gasteiger partial charge in [-0.05, 0) is 42.3 Å². The second-order valence-electron chi connectivity index (χ2n) is 6.96. The maximum Gasteiger partial charge on any atom is 0.142 e. The Morgan fingerprint density at radius 2 is 1.83 bits per heavy atom. The minimum absolute atomic E-state index is 0.219. The molecule has 2 heterocycles. The Balaban J connectivity index is 1.77. The lowest BCUT2D eigenvalue weighted by molar-refractivity contribution is 0.304. The quantitative estimate of drug-likeness (QED) is 0.483. The summed E-state index contributed by atoms with van der Waals surface area (Å²) < 4.78 is 5.84. The number of nitrogen functional groups attached to an aromatic ring is 1. The number of hydrogen-bond donors (Lipinski definition) is 1. The van der Waals surface area contributed by atoms with Crippen molar-refractivity contribution in [3.8, 4) is 34.2 Å². The van der Waals surface area contributed by atoms with Crippen LogP contribution in [0, 0.1) is 11.3 Å². The number of pyridine rings is 2. The highest BCUT2D eigenvalue weighted by molar-refractivity contribution is 5.80. The fourth-order valence-corrected chi connectivity index (χ4v) is 3.20. The molecule has 0 bridgehead atoms. The predicted molar refractivity (Wildman–Crippen MR) is 116 cm³/mol. The van der Waals surface area contributed by atoms with Crippen molar-refractivity contribution in [2.24, 2.45) is 0 Å². The second-order valence-corrected chi connectivity index (χ2v) is 6.96. The highest BCUT2D eigenvalue weighted by atomic mass is 16.5. The van der Waals surface area contributed by atoms with Gasteiger partial charge in [0.2, 0.25) is 0 Å². The molecule has 0 aliphatic heterocycles. The fourth-order valence-electron chi connectivity index (χ4n) is 3.20. The molecule has 5 nitrogen and oxygen atoms in total. The maximum atomic E-state index is 9.57. The van der Waals surface area contributed by atoms with E-state index in [9.17, 15) is 5.26 Å². The van der Waals surface area contributed by atoms with Gasteiger partial charge in [-0.25, -0.2) is 4.98 Å². The number of unbranched alkanes of at least 4 members (excludes halogenated alkanes) is 4. The highest BCUT2D eigenvalue weighted by Crippen LogP contribution is 2.31. The zero-order valence-electron chi connectivity index (χ0n) is 16.8. The van der Waals surface area contributed by atoms with Crippen LogP contribution in [0.3, 0.4) is 0 Å². The smallest absolute Gasteiger partial charge is 0.142 e. The summed E-state index contributed by atoms with van der Waals surface area (Å²) in [6, 6.07) is 15.6. The zero-order valence-corrected chi connectivity index (χ0v) is 16.8. The molecule has 0 atom stereocenters. The summed E-state index contributed by atoms with van der Waals surface area (Å²) in [4.78, 5) is 8.52. The molecule has 2 aromatic heterocycles. The van der Waals surface area contributed by atoms with Crippen molar-refractivity contribution in [2.45, 2.75) is 39.0 Å². The van der Waals surface area contributed by atoms with E-state index in [2.05, 4.69) is 23.0 Å². The van der Waals surface area contributed by atoms with Crippen LogP contribution in [-0.4, -0.2) is 16.6 Å². The van der Waals surface area contributed by atoms with Crippen LogP contribution < -0.4 is 10.5 Å². The number of benzene rings is 1. The van der Waals surface area contributed by atoms with E-state index >= 15 is 0 Å². The summed E-state index contributed by atoms with van der Waals surface area (Å²) in [5.41, 5.74) is 9.65. The van der Waals surface area contributed by atoms with Crippen LogP contribution in [0.5, 0.6) is 5.75 Å². The molecule has 0 radical (unpaired) electrons. The second kappa shape index (κ2) is 10.2. The molecule has 0 spiro atoms. The molecule has 148 valence electrons. The molecular formula is C24H26N4O. The molecule has 0 aliphatic rings. The van der Waals surface area contributed by atoms with E-state index in [0.717, 1.165) is 35.5 Å². The van der Waals surface area contributed by atoms with Gasteiger partial charge in [0.05, 0.1) is 12.3 Å². The van der Waals surface area contributed by atoms with E-state index in [0.29, 0.717) is 11.3 Å².